The fourth-order valence-corrected chi connectivity index (χ4v) is 3.99. The number of methoxy groups -OCH3 is 1. The van der Waals surface area contributed by atoms with Gasteiger partial charge in [-0.2, -0.15) is 0 Å². The van der Waals surface area contributed by atoms with Crippen LogP contribution in [-0.4, -0.2) is 48.6 Å². The summed E-state index contributed by atoms with van der Waals surface area (Å²) in [6.45, 7) is -0.276. The standard InChI is InChI=1S/C21H18BrN3O5S/c1-25-19(27)17(10-13-8-14(22)6-7-16(13)30-11-18(23)26)31-21(25)24-15-5-3-4-12(9-15)20(28)29-2/h3-10H,11H2,1-2H3,(H2,23,26). The van der Waals surface area contributed by atoms with Crippen LogP contribution in [-0.2, 0) is 14.3 Å². The van der Waals surface area contributed by atoms with Gasteiger partial charge in [0.2, 0.25) is 0 Å². The number of carbonyl (C=O) groups excluding carboxylic acids is 3. The summed E-state index contributed by atoms with van der Waals surface area (Å²) in [4.78, 5) is 41.9. The summed E-state index contributed by atoms with van der Waals surface area (Å²) < 4.78 is 11.0. The molecule has 0 atom stereocenters. The molecule has 2 amide bonds. The Kier molecular flexibility index (Phi) is 7.13. The predicted octanol–water partition coefficient (Wildman–Crippen LogP) is 3.33. The molecule has 1 saturated heterocycles. The van der Waals surface area contributed by atoms with E-state index in [1.807, 2.05) is 0 Å². The van der Waals surface area contributed by atoms with Gasteiger partial charge in [0.15, 0.2) is 11.8 Å². The molecule has 0 radical (unpaired) electrons. The summed E-state index contributed by atoms with van der Waals surface area (Å²) in [6.07, 6.45) is 1.66. The van der Waals surface area contributed by atoms with Gasteiger partial charge >= 0.3 is 5.97 Å². The van der Waals surface area contributed by atoms with Crippen molar-refractivity contribution in [3.8, 4) is 5.75 Å². The second-order valence-electron chi connectivity index (χ2n) is 6.35. The average molecular weight is 504 g/mol. The molecule has 0 aromatic heterocycles. The van der Waals surface area contributed by atoms with Crippen molar-refractivity contribution < 1.29 is 23.9 Å². The Bertz CT molecular complexity index is 1120. The van der Waals surface area contributed by atoms with Gasteiger partial charge < -0.3 is 15.2 Å². The Morgan fingerprint density at radius 2 is 2.03 bits per heavy atom. The van der Waals surface area contributed by atoms with E-state index in [2.05, 4.69) is 20.9 Å². The van der Waals surface area contributed by atoms with Crippen molar-refractivity contribution in [3.05, 3.63) is 63.0 Å². The third-order valence-corrected chi connectivity index (χ3v) is 5.68. The first kappa shape index (κ1) is 22.6. The number of halogens is 1. The third kappa shape index (κ3) is 5.53. The molecule has 1 fully saturated rings. The third-order valence-electron chi connectivity index (χ3n) is 4.12. The van der Waals surface area contributed by atoms with Gasteiger partial charge in [-0.3, -0.25) is 14.5 Å². The topological polar surface area (TPSA) is 111 Å². The van der Waals surface area contributed by atoms with Crippen molar-refractivity contribution >= 4 is 62.4 Å². The molecule has 31 heavy (non-hydrogen) atoms. The van der Waals surface area contributed by atoms with Crippen LogP contribution in [0.25, 0.3) is 6.08 Å². The Labute approximate surface area is 191 Å². The predicted molar refractivity (Wildman–Crippen MR) is 122 cm³/mol. The maximum atomic E-state index is 12.7. The number of aliphatic imine (C=N–C) groups is 1. The van der Waals surface area contributed by atoms with E-state index in [9.17, 15) is 14.4 Å². The van der Waals surface area contributed by atoms with E-state index in [-0.39, 0.29) is 12.5 Å². The lowest BCUT2D eigenvalue weighted by atomic mass is 10.2. The highest BCUT2D eigenvalue weighted by atomic mass is 79.9. The van der Waals surface area contributed by atoms with Crippen molar-refractivity contribution in [2.75, 3.05) is 20.8 Å². The van der Waals surface area contributed by atoms with Gasteiger partial charge in [0.25, 0.3) is 11.8 Å². The van der Waals surface area contributed by atoms with E-state index in [0.717, 1.165) is 4.47 Å². The van der Waals surface area contributed by atoms with Crippen LogP contribution in [0.5, 0.6) is 5.75 Å². The molecule has 0 aliphatic carbocycles. The molecule has 0 spiro atoms. The zero-order valence-corrected chi connectivity index (χ0v) is 19.0. The number of likely N-dealkylation sites (N-methyl/N-ethyl adjacent to an activating group) is 1. The van der Waals surface area contributed by atoms with E-state index >= 15 is 0 Å². The van der Waals surface area contributed by atoms with Gasteiger partial charge in [0, 0.05) is 17.1 Å². The summed E-state index contributed by atoms with van der Waals surface area (Å²) in [5.41, 5.74) is 6.64. The lowest BCUT2D eigenvalue weighted by molar-refractivity contribution is -0.121. The number of nitrogens with zero attached hydrogens (tertiary/aromatic N) is 2. The highest BCUT2D eigenvalue weighted by Crippen LogP contribution is 2.35. The van der Waals surface area contributed by atoms with Crippen LogP contribution < -0.4 is 10.5 Å². The largest absolute Gasteiger partial charge is 0.483 e. The Balaban J connectivity index is 1.91. The average Bonchev–Trinajstić information content (AvgIpc) is 3.00. The van der Waals surface area contributed by atoms with E-state index in [1.54, 1.807) is 55.6 Å². The minimum absolute atomic E-state index is 0.242. The number of hydrogen-bond donors (Lipinski definition) is 1. The number of thioether (sulfide) groups is 1. The number of primary amides is 1. The maximum Gasteiger partial charge on any atom is 0.337 e. The number of nitrogens with two attached hydrogens (primary N) is 1. The molecule has 0 bridgehead atoms. The molecule has 160 valence electrons. The zero-order valence-electron chi connectivity index (χ0n) is 16.6. The van der Waals surface area contributed by atoms with Gasteiger partial charge in [-0.25, -0.2) is 9.79 Å². The van der Waals surface area contributed by atoms with E-state index in [1.165, 1.54) is 23.8 Å². The number of rotatable bonds is 6. The van der Waals surface area contributed by atoms with Crippen molar-refractivity contribution in [1.82, 2.24) is 4.90 Å². The highest BCUT2D eigenvalue weighted by molar-refractivity contribution is 9.10. The first-order valence-corrected chi connectivity index (χ1v) is 10.5. The van der Waals surface area contributed by atoms with Gasteiger partial charge in [-0.15, -0.1) is 0 Å². The van der Waals surface area contributed by atoms with Crippen LogP contribution in [0, 0.1) is 0 Å². The summed E-state index contributed by atoms with van der Waals surface area (Å²) in [7, 11) is 2.92. The molecule has 0 unspecified atom stereocenters. The summed E-state index contributed by atoms with van der Waals surface area (Å²) in [5, 5.41) is 0.452. The van der Waals surface area contributed by atoms with Crippen molar-refractivity contribution in [2.45, 2.75) is 0 Å². The Hall–Kier alpha value is -3.11. The normalized spacial score (nSPS) is 16.1. The molecular formula is C21H18BrN3O5S. The fraction of sp³-hybridized carbons (Fsp3) is 0.143. The van der Waals surface area contributed by atoms with Crippen molar-refractivity contribution in [2.24, 2.45) is 10.7 Å². The van der Waals surface area contributed by atoms with Crippen molar-refractivity contribution in [3.63, 3.8) is 0 Å². The van der Waals surface area contributed by atoms with E-state index in [4.69, 9.17) is 15.2 Å². The molecule has 8 nitrogen and oxygen atoms in total. The summed E-state index contributed by atoms with van der Waals surface area (Å²) in [6, 6.07) is 11.8. The number of carbonyl (C=O) groups is 3. The zero-order chi connectivity index (χ0) is 22.5. The lowest BCUT2D eigenvalue weighted by Gasteiger charge is -2.09. The van der Waals surface area contributed by atoms with Gasteiger partial charge in [0.1, 0.15) is 5.75 Å². The van der Waals surface area contributed by atoms with E-state index < -0.39 is 11.9 Å². The number of amidine groups is 1. The van der Waals surface area contributed by atoms with Crippen LogP contribution in [0.15, 0.2) is 56.8 Å². The van der Waals surface area contributed by atoms with Crippen LogP contribution in [0.2, 0.25) is 0 Å². The molecule has 3 rings (SSSR count). The van der Waals surface area contributed by atoms with Crippen LogP contribution in [0.1, 0.15) is 15.9 Å². The first-order valence-electron chi connectivity index (χ1n) is 8.94. The number of ether oxygens (including phenoxy) is 2. The smallest absolute Gasteiger partial charge is 0.337 e. The number of hydrogen-bond acceptors (Lipinski definition) is 7. The molecular weight excluding hydrogens is 486 g/mol. The SMILES string of the molecule is COC(=O)c1cccc(N=C2SC(=Cc3cc(Br)ccc3OCC(N)=O)C(=O)N2C)c1. The Morgan fingerprint density at radius 1 is 1.26 bits per heavy atom. The minimum Gasteiger partial charge on any atom is -0.483 e. The highest BCUT2D eigenvalue weighted by Gasteiger charge is 2.30. The quantitative estimate of drug-likeness (QED) is 0.477. The molecule has 1 aliphatic rings. The fourth-order valence-electron chi connectivity index (χ4n) is 2.64. The van der Waals surface area contributed by atoms with E-state index in [0.29, 0.717) is 32.6 Å². The monoisotopic (exact) mass is 503 g/mol. The van der Waals surface area contributed by atoms with Gasteiger partial charge in [0.05, 0.1) is 23.3 Å². The minimum atomic E-state index is -0.601. The second-order valence-corrected chi connectivity index (χ2v) is 8.27. The summed E-state index contributed by atoms with van der Waals surface area (Å²) in [5.74, 6) is -0.893. The first-order chi connectivity index (χ1) is 14.8. The molecule has 1 aliphatic heterocycles. The molecule has 2 aromatic carbocycles. The van der Waals surface area contributed by atoms with Gasteiger partial charge in [-0.1, -0.05) is 22.0 Å². The number of amides is 2. The molecule has 0 saturated carbocycles. The molecule has 10 heteroatoms. The number of esters is 1. The van der Waals surface area contributed by atoms with Crippen molar-refractivity contribution in [1.29, 1.82) is 0 Å². The van der Waals surface area contributed by atoms with Gasteiger partial charge in [-0.05, 0) is 54.2 Å². The van der Waals surface area contributed by atoms with Crippen LogP contribution >= 0.6 is 27.7 Å². The maximum absolute atomic E-state index is 12.7. The molecule has 1 heterocycles. The lowest BCUT2D eigenvalue weighted by Crippen LogP contribution is -2.23. The number of benzene rings is 2. The second kappa shape index (κ2) is 9.80. The van der Waals surface area contributed by atoms with Crippen LogP contribution in [0.3, 0.4) is 0 Å². The summed E-state index contributed by atoms with van der Waals surface area (Å²) >= 11 is 4.58. The molecule has 2 aromatic rings. The Morgan fingerprint density at radius 3 is 2.74 bits per heavy atom. The molecule has 2 N–H and O–H groups in total. The van der Waals surface area contributed by atoms with Crippen LogP contribution in [0.4, 0.5) is 5.69 Å².